The molecule has 2 heterocycles. The molecular formula is C14H17N3S. The van der Waals surface area contributed by atoms with E-state index in [1.807, 2.05) is 4.52 Å². The maximum absolute atomic E-state index is 5.60. The zero-order valence-corrected chi connectivity index (χ0v) is 11.2. The monoisotopic (exact) mass is 259 g/mol. The van der Waals surface area contributed by atoms with E-state index >= 15 is 0 Å². The zero-order valence-electron chi connectivity index (χ0n) is 10.4. The molecule has 0 amide bonds. The maximum Gasteiger partial charge on any atom is 0.154 e. The van der Waals surface area contributed by atoms with Gasteiger partial charge in [-0.2, -0.15) is 0 Å². The molecule has 0 aromatic carbocycles. The lowest BCUT2D eigenvalue weighted by molar-refractivity contribution is 0.682. The van der Waals surface area contributed by atoms with Gasteiger partial charge in [0.1, 0.15) is 4.64 Å². The number of rotatable bonds is 1. The van der Waals surface area contributed by atoms with E-state index in [0.29, 0.717) is 5.92 Å². The third-order valence-corrected chi connectivity index (χ3v) is 4.88. The number of fused-ring (bicyclic) bond motifs is 2. The van der Waals surface area contributed by atoms with Crippen LogP contribution in [0.5, 0.6) is 0 Å². The Balaban J connectivity index is 1.90. The van der Waals surface area contributed by atoms with Gasteiger partial charge in [-0.25, -0.2) is 9.50 Å². The smallest absolute Gasteiger partial charge is 0.154 e. The van der Waals surface area contributed by atoms with E-state index in [0.717, 1.165) is 23.1 Å². The second-order valence-corrected chi connectivity index (χ2v) is 5.97. The fraction of sp³-hybridized carbons (Fsp3) is 0.571. The lowest BCUT2D eigenvalue weighted by atomic mass is 10.1. The fourth-order valence-electron chi connectivity index (χ4n) is 3.46. The average Bonchev–Trinajstić information content (AvgIpc) is 3.08. The van der Waals surface area contributed by atoms with Gasteiger partial charge < -0.3 is 0 Å². The van der Waals surface area contributed by atoms with Crippen molar-refractivity contribution >= 4 is 17.9 Å². The van der Waals surface area contributed by atoms with Crippen LogP contribution < -0.4 is 0 Å². The van der Waals surface area contributed by atoms with Crippen LogP contribution in [-0.2, 0) is 12.8 Å². The summed E-state index contributed by atoms with van der Waals surface area (Å²) in [5, 5.41) is 3.49. The van der Waals surface area contributed by atoms with E-state index < -0.39 is 0 Å². The molecule has 2 aliphatic carbocycles. The molecule has 18 heavy (non-hydrogen) atoms. The first-order valence-electron chi connectivity index (χ1n) is 6.96. The quantitative estimate of drug-likeness (QED) is 0.795. The van der Waals surface area contributed by atoms with Crippen LogP contribution in [0.1, 0.15) is 55.0 Å². The van der Waals surface area contributed by atoms with Gasteiger partial charge in [-0.15, -0.1) is 0 Å². The van der Waals surface area contributed by atoms with Crippen molar-refractivity contribution in [3.63, 3.8) is 0 Å². The summed E-state index contributed by atoms with van der Waals surface area (Å²) in [7, 11) is 0. The summed E-state index contributed by atoms with van der Waals surface area (Å²) in [6.07, 6.45) is 8.72. The van der Waals surface area contributed by atoms with Gasteiger partial charge in [-0.3, -0.25) is 5.10 Å². The lowest BCUT2D eigenvalue weighted by Gasteiger charge is -2.04. The van der Waals surface area contributed by atoms with Crippen molar-refractivity contribution < 1.29 is 0 Å². The number of aromatic amines is 1. The minimum absolute atomic E-state index is 0.691. The van der Waals surface area contributed by atoms with Gasteiger partial charge in [0.25, 0.3) is 0 Å². The Hall–Kier alpha value is -1.16. The third kappa shape index (κ3) is 1.48. The van der Waals surface area contributed by atoms with Gasteiger partial charge in [0.2, 0.25) is 0 Å². The van der Waals surface area contributed by atoms with Gasteiger partial charge >= 0.3 is 0 Å². The van der Waals surface area contributed by atoms with Crippen LogP contribution in [0.4, 0.5) is 0 Å². The number of nitrogens with zero attached hydrogens (tertiary/aromatic N) is 2. The first-order valence-corrected chi connectivity index (χ1v) is 7.37. The molecule has 0 radical (unpaired) electrons. The Morgan fingerprint density at radius 3 is 2.89 bits per heavy atom. The lowest BCUT2D eigenvalue weighted by Crippen LogP contribution is -2.00. The summed E-state index contributed by atoms with van der Waals surface area (Å²) in [6.45, 7) is 0. The Labute approximate surface area is 111 Å². The minimum atomic E-state index is 0.691. The molecule has 1 saturated carbocycles. The summed E-state index contributed by atoms with van der Waals surface area (Å²) >= 11 is 5.60. The number of aromatic nitrogens is 3. The van der Waals surface area contributed by atoms with Gasteiger partial charge in [0.15, 0.2) is 5.65 Å². The molecule has 2 aromatic rings. The number of hydrogen-bond acceptors (Lipinski definition) is 2. The molecule has 0 atom stereocenters. The van der Waals surface area contributed by atoms with Crippen molar-refractivity contribution in [2.24, 2.45) is 0 Å². The highest BCUT2D eigenvalue weighted by Crippen LogP contribution is 2.34. The standard InChI is InChI=1S/C14H17N3S/c18-14-10-6-3-7-11(10)15-13-8-12(16-17(13)14)9-4-1-2-5-9/h8-9,16H,1-7H2. The van der Waals surface area contributed by atoms with Crippen molar-refractivity contribution in [1.82, 2.24) is 14.6 Å². The second-order valence-electron chi connectivity index (χ2n) is 5.58. The molecule has 0 spiro atoms. The SMILES string of the molecule is S=c1c2c(nc3cc(C4CCCC4)[nH]n13)CCC2. The van der Waals surface area contributed by atoms with Crippen LogP contribution >= 0.6 is 12.2 Å². The van der Waals surface area contributed by atoms with E-state index in [-0.39, 0.29) is 0 Å². The Morgan fingerprint density at radius 1 is 1.22 bits per heavy atom. The van der Waals surface area contributed by atoms with Crippen LogP contribution in [0.2, 0.25) is 0 Å². The first-order chi connectivity index (χ1) is 8.83. The van der Waals surface area contributed by atoms with E-state index in [1.54, 1.807) is 0 Å². The summed E-state index contributed by atoms with van der Waals surface area (Å²) in [5.74, 6) is 0.691. The number of hydrogen-bond donors (Lipinski definition) is 1. The largest absolute Gasteiger partial charge is 0.295 e. The van der Waals surface area contributed by atoms with E-state index in [2.05, 4.69) is 11.2 Å². The second kappa shape index (κ2) is 3.92. The molecule has 4 heteroatoms. The van der Waals surface area contributed by atoms with Crippen LogP contribution in [0.15, 0.2) is 6.07 Å². The topological polar surface area (TPSA) is 33.1 Å². The van der Waals surface area contributed by atoms with Crippen molar-refractivity contribution in [3.8, 4) is 0 Å². The number of nitrogens with one attached hydrogen (secondary N) is 1. The molecule has 2 aromatic heterocycles. The molecular weight excluding hydrogens is 242 g/mol. The van der Waals surface area contributed by atoms with Crippen LogP contribution in [-0.4, -0.2) is 14.6 Å². The van der Waals surface area contributed by atoms with Gasteiger partial charge in [-0.1, -0.05) is 25.1 Å². The normalized spacial score (nSPS) is 19.8. The van der Waals surface area contributed by atoms with Crippen molar-refractivity contribution in [1.29, 1.82) is 0 Å². The van der Waals surface area contributed by atoms with Gasteiger partial charge in [0, 0.05) is 28.9 Å². The summed E-state index contributed by atoms with van der Waals surface area (Å²) in [5.41, 5.74) is 4.87. The molecule has 1 fully saturated rings. The minimum Gasteiger partial charge on any atom is -0.295 e. The van der Waals surface area contributed by atoms with Crippen LogP contribution in [0, 0.1) is 4.64 Å². The van der Waals surface area contributed by atoms with Crippen molar-refractivity contribution in [3.05, 3.63) is 27.7 Å². The highest BCUT2D eigenvalue weighted by Gasteiger charge is 2.21. The Bertz CT molecular complexity index is 661. The molecule has 2 aliphatic rings. The van der Waals surface area contributed by atoms with Gasteiger partial charge in [0.05, 0.1) is 0 Å². The summed E-state index contributed by atoms with van der Waals surface area (Å²) in [6, 6.07) is 2.21. The van der Waals surface area contributed by atoms with Gasteiger partial charge in [-0.05, 0) is 32.1 Å². The summed E-state index contributed by atoms with van der Waals surface area (Å²) < 4.78 is 2.98. The fourth-order valence-corrected chi connectivity index (χ4v) is 3.82. The van der Waals surface area contributed by atoms with Crippen LogP contribution in [0.25, 0.3) is 5.65 Å². The molecule has 0 unspecified atom stereocenters. The highest BCUT2D eigenvalue weighted by atomic mass is 32.1. The van der Waals surface area contributed by atoms with E-state index in [9.17, 15) is 0 Å². The molecule has 1 N–H and O–H groups in total. The average molecular weight is 259 g/mol. The molecule has 0 aliphatic heterocycles. The molecule has 0 bridgehead atoms. The van der Waals surface area contributed by atoms with Crippen molar-refractivity contribution in [2.75, 3.05) is 0 Å². The number of aryl methyl sites for hydroxylation is 1. The molecule has 4 rings (SSSR count). The first kappa shape index (κ1) is 10.7. The van der Waals surface area contributed by atoms with Crippen LogP contribution in [0.3, 0.4) is 0 Å². The molecule has 0 saturated heterocycles. The molecule has 94 valence electrons. The third-order valence-electron chi connectivity index (χ3n) is 4.45. The maximum atomic E-state index is 5.60. The number of H-pyrrole nitrogens is 1. The zero-order chi connectivity index (χ0) is 12.1. The Morgan fingerprint density at radius 2 is 2.06 bits per heavy atom. The van der Waals surface area contributed by atoms with Crippen molar-refractivity contribution in [2.45, 2.75) is 50.9 Å². The Kier molecular flexibility index (Phi) is 2.34. The summed E-state index contributed by atoms with van der Waals surface area (Å²) in [4.78, 5) is 4.77. The molecule has 3 nitrogen and oxygen atoms in total. The predicted octanol–water partition coefficient (Wildman–Crippen LogP) is 3.54. The highest BCUT2D eigenvalue weighted by molar-refractivity contribution is 7.71. The van der Waals surface area contributed by atoms with E-state index in [4.69, 9.17) is 17.2 Å². The predicted molar refractivity (Wildman–Crippen MR) is 73.6 cm³/mol. The van der Waals surface area contributed by atoms with E-state index in [1.165, 1.54) is 49.1 Å².